The van der Waals surface area contributed by atoms with Gasteiger partial charge in [0.2, 0.25) is 0 Å². The third-order valence-electron chi connectivity index (χ3n) is 3.96. The van der Waals surface area contributed by atoms with Gasteiger partial charge in [0, 0.05) is 17.7 Å². The van der Waals surface area contributed by atoms with Gasteiger partial charge in [0.05, 0.1) is 13.1 Å². The van der Waals surface area contributed by atoms with E-state index >= 15 is 0 Å². The van der Waals surface area contributed by atoms with Crippen molar-refractivity contribution in [3.63, 3.8) is 0 Å². The topological polar surface area (TPSA) is 52.0 Å². The molecular formula is C15H19F2N2O3+. The van der Waals surface area contributed by atoms with Crippen molar-refractivity contribution in [1.82, 2.24) is 0 Å². The molecule has 2 heterocycles. The minimum absolute atomic E-state index is 0.0292. The maximum Gasteiger partial charge on any atom is 0.586 e. The van der Waals surface area contributed by atoms with Gasteiger partial charge in [0.1, 0.15) is 0 Å². The molecule has 3 rings (SSSR count). The molecule has 0 radical (unpaired) electrons. The minimum Gasteiger partial charge on any atom is -0.395 e. The maximum atomic E-state index is 12.9. The number of likely N-dealkylation sites (tertiary alicyclic amines) is 1. The highest BCUT2D eigenvalue weighted by Gasteiger charge is 2.43. The number of quaternary nitrogens is 1. The Morgan fingerprint density at radius 1 is 1.41 bits per heavy atom. The molecule has 1 saturated heterocycles. The monoisotopic (exact) mass is 313 g/mol. The molecule has 0 aromatic heterocycles. The van der Waals surface area contributed by atoms with Crippen LogP contribution in [0.5, 0.6) is 11.5 Å². The molecule has 1 amide bonds. The van der Waals surface area contributed by atoms with Gasteiger partial charge in [-0.3, -0.25) is 4.79 Å². The molecule has 0 bridgehead atoms. The number of carbonyl (C=O) groups excluding carboxylic acids is 1. The Balaban J connectivity index is 1.58. The molecule has 22 heavy (non-hydrogen) atoms. The third kappa shape index (κ3) is 3.47. The lowest BCUT2D eigenvalue weighted by atomic mass is 10.0. The number of amides is 1. The van der Waals surface area contributed by atoms with Crippen molar-refractivity contribution in [3.05, 3.63) is 18.2 Å². The van der Waals surface area contributed by atoms with Crippen molar-refractivity contribution in [2.75, 3.05) is 25.0 Å². The van der Waals surface area contributed by atoms with Crippen LogP contribution in [-0.2, 0) is 4.79 Å². The van der Waals surface area contributed by atoms with Gasteiger partial charge in [-0.2, -0.15) is 0 Å². The van der Waals surface area contributed by atoms with E-state index < -0.39 is 6.29 Å². The Labute approximate surface area is 127 Å². The lowest BCUT2D eigenvalue weighted by Crippen LogP contribution is -3.14. The van der Waals surface area contributed by atoms with E-state index in [1.165, 1.54) is 29.5 Å². The quantitative estimate of drug-likeness (QED) is 0.883. The Bertz CT molecular complexity index is 580. The molecule has 0 spiro atoms. The van der Waals surface area contributed by atoms with E-state index in [-0.39, 0.29) is 17.4 Å². The average Bonchev–Trinajstić information content (AvgIpc) is 2.71. The number of alkyl halides is 2. The Hall–Kier alpha value is -1.89. The predicted octanol–water partition coefficient (Wildman–Crippen LogP) is 1.26. The number of fused-ring (bicyclic) bond motifs is 1. The summed E-state index contributed by atoms with van der Waals surface area (Å²) in [6.07, 6.45) is -1.30. The zero-order valence-corrected chi connectivity index (χ0v) is 12.3. The summed E-state index contributed by atoms with van der Waals surface area (Å²) in [5.74, 6) is 0.402. The average molecular weight is 313 g/mol. The summed E-state index contributed by atoms with van der Waals surface area (Å²) in [6.45, 7) is 4.55. The second kappa shape index (κ2) is 5.72. The van der Waals surface area contributed by atoms with Crippen LogP contribution in [0.15, 0.2) is 18.2 Å². The fourth-order valence-electron chi connectivity index (χ4n) is 3.02. The maximum absolute atomic E-state index is 12.9. The van der Waals surface area contributed by atoms with Crippen molar-refractivity contribution < 1.29 is 27.9 Å². The molecular weight excluding hydrogens is 294 g/mol. The van der Waals surface area contributed by atoms with Crippen molar-refractivity contribution in [3.8, 4) is 11.5 Å². The minimum atomic E-state index is -3.64. The van der Waals surface area contributed by atoms with Crippen LogP contribution in [0.3, 0.4) is 0 Å². The molecule has 2 aliphatic rings. The standard InChI is InChI=1S/C15H18F2N2O3/c1-10-3-2-6-19(8-10)9-14(20)18-11-4-5-12-13(7-11)22-15(16,17)21-12/h4-5,7,10H,2-3,6,8-9H2,1H3,(H,18,20)/p+1/t10-/m1/s1. The molecule has 2 N–H and O–H groups in total. The van der Waals surface area contributed by atoms with E-state index in [4.69, 9.17) is 0 Å². The lowest BCUT2D eigenvalue weighted by molar-refractivity contribution is -0.900. The number of benzene rings is 1. The van der Waals surface area contributed by atoms with Gasteiger partial charge in [0.25, 0.3) is 5.91 Å². The van der Waals surface area contributed by atoms with Gasteiger partial charge in [-0.05, 0) is 25.0 Å². The second-order valence-electron chi connectivity index (χ2n) is 6.01. The lowest BCUT2D eigenvalue weighted by Gasteiger charge is -2.27. The van der Waals surface area contributed by atoms with E-state index in [2.05, 4.69) is 21.7 Å². The summed E-state index contributed by atoms with van der Waals surface area (Å²) in [4.78, 5) is 13.3. The molecule has 5 nitrogen and oxygen atoms in total. The first-order valence-corrected chi connectivity index (χ1v) is 7.44. The highest BCUT2D eigenvalue weighted by atomic mass is 19.3. The molecule has 1 aromatic carbocycles. The number of halogens is 2. The van der Waals surface area contributed by atoms with Gasteiger partial charge in [0.15, 0.2) is 18.0 Å². The van der Waals surface area contributed by atoms with Gasteiger partial charge >= 0.3 is 6.29 Å². The first kappa shape index (κ1) is 15.0. The number of anilines is 1. The van der Waals surface area contributed by atoms with Crippen LogP contribution < -0.4 is 19.7 Å². The number of ether oxygens (including phenoxy) is 2. The zero-order valence-electron chi connectivity index (χ0n) is 12.3. The van der Waals surface area contributed by atoms with Gasteiger partial charge in [-0.25, -0.2) is 0 Å². The van der Waals surface area contributed by atoms with E-state index in [0.717, 1.165) is 19.5 Å². The van der Waals surface area contributed by atoms with E-state index in [1.54, 1.807) is 0 Å². The summed E-state index contributed by atoms with van der Waals surface area (Å²) in [5.41, 5.74) is 0.425. The second-order valence-corrected chi connectivity index (χ2v) is 6.01. The van der Waals surface area contributed by atoms with Crippen LogP contribution in [0.25, 0.3) is 0 Å². The first-order chi connectivity index (χ1) is 10.4. The van der Waals surface area contributed by atoms with Crippen molar-refractivity contribution in [2.45, 2.75) is 26.1 Å². The summed E-state index contributed by atoms with van der Waals surface area (Å²) in [5, 5.41) is 2.72. The molecule has 1 unspecified atom stereocenters. The van der Waals surface area contributed by atoms with Gasteiger partial charge in [-0.15, -0.1) is 8.78 Å². The number of hydrogen-bond donors (Lipinski definition) is 2. The van der Waals surface area contributed by atoms with Crippen LogP contribution >= 0.6 is 0 Å². The van der Waals surface area contributed by atoms with E-state index in [9.17, 15) is 13.6 Å². The summed E-state index contributed by atoms with van der Waals surface area (Å²) in [6, 6.07) is 4.24. The highest BCUT2D eigenvalue weighted by Crippen LogP contribution is 2.42. The van der Waals surface area contributed by atoms with Crippen molar-refractivity contribution in [1.29, 1.82) is 0 Å². The number of piperidine rings is 1. The molecule has 1 fully saturated rings. The summed E-state index contributed by atoms with van der Waals surface area (Å²) < 4.78 is 34.6. The molecule has 0 saturated carbocycles. The third-order valence-corrected chi connectivity index (χ3v) is 3.96. The van der Waals surface area contributed by atoms with Crippen LogP contribution in [0, 0.1) is 5.92 Å². The van der Waals surface area contributed by atoms with Gasteiger partial charge < -0.3 is 19.7 Å². The number of rotatable bonds is 3. The fourth-order valence-corrected chi connectivity index (χ4v) is 3.02. The Morgan fingerprint density at radius 2 is 2.18 bits per heavy atom. The predicted molar refractivity (Wildman–Crippen MR) is 75.2 cm³/mol. The van der Waals surface area contributed by atoms with Crippen LogP contribution in [0.2, 0.25) is 0 Å². The normalized spacial score (nSPS) is 25.8. The number of hydrogen-bond acceptors (Lipinski definition) is 3. The number of carbonyl (C=O) groups is 1. The van der Waals surface area contributed by atoms with Crippen LogP contribution in [0.4, 0.5) is 14.5 Å². The van der Waals surface area contributed by atoms with E-state index in [0.29, 0.717) is 18.2 Å². The van der Waals surface area contributed by atoms with Crippen molar-refractivity contribution in [2.24, 2.45) is 5.92 Å². The smallest absolute Gasteiger partial charge is 0.395 e. The highest BCUT2D eigenvalue weighted by molar-refractivity contribution is 5.91. The first-order valence-electron chi connectivity index (χ1n) is 7.44. The van der Waals surface area contributed by atoms with Gasteiger partial charge in [-0.1, -0.05) is 6.92 Å². The molecule has 7 heteroatoms. The number of nitrogens with one attached hydrogen (secondary N) is 2. The zero-order chi connectivity index (χ0) is 15.7. The SMILES string of the molecule is C[C@@H]1CCC[NH+](CC(=O)Nc2ccc3c(c2)OC(F)(F)O3)C1. The molecule has 120 valence electrons. The summed E-state index contributed by atoms with van der Waals surface area (Å²) in [7, 11) is 0. The fraction of sp³-hybridized carbons (Fsp3) is 0.533. The molecule has 1 aromatic rings. The molecule has 2 aliphatic heterocycles. The Morgan fingerprint density at radius 3 is 2.95 bits per heavy atom. The Kier molecular flexibility index (Phi) is 3.90. The van der Waals surface area contributed by atoms with Crippen molar-refractivity contribution >= 4 is 11.6 Å². The van der Waals surface area contributed by atoms with E-state index in [1.807, 2.05) is 0 Å². The summed E-state index contributed by atoms with van der Waals surface area (Å²) >= 11 is 0. The van der Waals surface area contributed by atoms with Crippen LogP contribution in [0.1, 0.15) is 19.8 Å². The molecule has 0 aliphatic carbocycles. The van der Waals surface area contributed by atoms with Crippen LogP contribution in [-0.4, -0.2) is 31.8 Å². The molecule has 2 atom stereocenters. The largest absolute Gasteiger partial charge is 0.586 e.